The Morgan fingerprint density at radius 1 is 0.889 bits per heavy atom. The molecule has 1 aliphatic rings. The van der Waals surface area contributed by atoms with Gasteiger partial charge in [0, 0.05) is 37.0 Å². The van der Waals surface area contributed by atoms with Gasteiger partial charge in [0.15, 0.2) is 5.82 Å². The van der Waals surface area contributed by atoms with Gasteiger partial charge in [0.1, 0.15) is 0 Å². The number of aromatic nitrogens is 5. The van der Waals surface area contributed by atoms with E-state index in [2.05, 4.69) is 20.2 Å². The molecule has 0 radical (unpaired) electrons. The zero-order chi connectivity index (χ0) is 18.1. The molecule has 0 N–H and O–H groups in total. The van der Waals surface area contributed by atoms with E-state index in [9.17, 15) is 0 Å². The minimum absolute atomic E-state index is 0.740. The van der Waals surface area contributed by atoms with Crippen molar-refractivity contribution in [1.29, 1.82) is 0 Å². The van der Waals surface area contributed by atoms with Gasteiger partial charge in [0.05, 0.1) is 23.3 Å². The lowest BCUT2D eigenvalue weighted by atomic mass is 10.2. The summed E-state index contributed by atoms with van der Waals surface area (Å²) in [6, 6.07) is 20.1. The Labute approximate surface area is 157 Å². The second-order valence-electron chi connectivity index (χ2n) is 6.67. The normalized spacial score (nSPS) is 13.6. The van der Waals surface area contributed by atoms with Crippen LogP contribution in [0.15, 0.2) is 73.1 Å². The number of para-hydroxylation sites is 1. The zero-order valence-corrected chi connectivity index (χ0v) is 14.7. The molecule has 3 heterocycles. The summed E-state index contributed by atoms with van der Waals surface area (Å²) in [5.74, 6) is 0.784. The van der Waals surface area contributed by atoms with Crippen molar-refractivity contribution >= 4 is 0 Å². The third-order valence-corrected chi connectivity index (χ3v) is 4.70. The van der Waals surface area contributed by atoms with Crippen molar-refractivity contribution < 1.29 is 0 Å². The summed E-state index contributed by atoms with van der Waals surface area (Å²) >= 11 is 0. The minimum Gasteiger partial charge on any atom is -0.287 e. The van der Waals surface area contributed by atoms with E-state index in [1.165, 1.54) is 5.56 Å². The van der Waals surface area contributed by atoms with Crippen molar-refractivity contribution in [2.24, 2.45) is 0 Å². The molecule has 0 fully saturated rings. The Kier molecular flexibility index (Phi) is 3.95. The van der Waals surface area contributed by atoms with Gasteiger partial charge in [0.2, 0.25) is 0 Å². The summed E-state index contributed by atoms with van der Waals surface area (Å²) in [6.45, 7) is 2.38. The lowest BCUT2D eigenvalue weighted by Crippen LogP contribution is -2.16. The van der Waals surface area contributed by atoms with E-state index in [1.54, 1.807) is 0 Å². The van der Waals surface area contributed by atoms with Gasteiger partial charge in [-0.15, -0.1) is 5.10 Å². The SMILES string of the molecule is c1ccc(-c2ncc3c(n2)CN(Cc2cn(-c4ccccc4)nn2)C3)cc1. The van der Waals surface area contributed by atoms with Crippen LogP contribution >= 0.6 is 0 Å². The third kappa shape index (κ3) is 3.22. The summed E-state index contributed by atoms with van der Waals surface area (Å²) in [6.07, 6.45) is 3.94. The van der Waals surface area contributed by atoms with E-state index in [-0.39, 0.29) is 0 Å². The molecule has 0 amide bonds. The van der Waals surface area contributed by atoms with Crippen LogP contribution in [0.1, 0.15) is 17.0 Å². The standard InChI is InChI=1S/C21H18N6/c1-3-7-16(8-4-1)21-22-11-17-12-26(15-20(17)23-21)13-18-14-27(25-24-18)19-9-5-2-6-10-19/h1-11,14H,12-13,15H2. The highest BCUT2D eigenvalue weighted by Gasteiger charge is 2.22. The first-order valence-electron chi connectivity index (χ1n) is 8.94. The summed E-state index contributed by atoms with van der Waals surface area (Å²) in [7, 11) is 0. The van der Waals surface area contributed by atoms with E-state index in [1.807, 2.05) is 77.7 Å². The Morgan fingerprint density at radius 2 is 1.67 bits per heavy atom. The molecule has 132 valence electrons. The molecular weight excluding hydrogens is 336 g/mol. The van der Waals surface area contributed by atoms with Gasteiger partial charge in [-0.2, -0.15) is 0 Å². The number of hydrogen-bond acceptors (Lipinski definition) is 5. The van der Waals surface area contributed by atoms with Crippen LogP contribution in [0, 0.1) is 0 Å². The van der Waals surface area contributed by atoms with E-state index >= 15 is 0 Å². The molecule has 27 heavy (non-hydrogen) atoms. The van der Waals surface area contributed by atoms with Crippen molar-refractivity contribution in [3.05, 3.63) is 90.0 Å². The third-order valence-electron chi connectivity index (χ3n) is 4.70. The fraction of sp³-hybridized carbons (Fsp3) is 0.143. The molecule has 0 saturated heterocycles. The van der Waals surface area contributed by atoms with Crippen molar-refractivity contribution in [1.82, 2.24) is 29.9 Å². The van der Waals surface area contributed by atoms with E-state index in [0.29, 0.717) is 0 Å². The molecule has 0 saturated carbocycles. The van der Waals surface area contributed by atoms with Crippen LogP contribution < -0.4 is 0 Å². The van der Waals surface area contributed by atoms with Gasteiger partial charge in [-0.05, 0) is 12.1 Å². The maximum Gasteiger partial charge on any atom is 0.159 e. The predicted molar refractivity (Wildman–Crippen MR) is 102 cm³/mol. The summed E-state index contributed by atoms with van der Waals surface area (Å²) in [5, 5.41) is 8.56. The molecule has 0 atom stereocenters. The second-order valence-corrected chi connectivity index (χ2v) is 6.67. The van der Waals surface area contributed by atoms with Crippen molar-refractivity contribution in [2.75, 3.05) is 0 Å². The predicted octanol–water partition coefficient (Wildman–Crippen LogP) is 3.24. The fourth-order valence-electron chi connectivity index (χ4n) is 3.36. The molecule has 4 aromatic rings. The molecule has 6 heteroatoms. The number of fused-ring (bicyclic) bond motifs is 1. The van der Waals surface area contributed by atoms with Gasteiger partial charge in [-0.1, -0.05) is 53.7 Å². The second kappa shape index (κ2) is 6.74. The van der Waals surface area contributed by atoms with Gasteiger partial charge in [0.25, 0.3) is 0 Å². The molecule has 1 aliphatic heterocycles. The first-order valence-corrected chi connectivity index (χ1v) is 8.94. The van der Waals surface area contributed by atoms with Gasteiger partial charge >= 0.3 is 0 Å². The first-order chi connectivity index (χ1) is 13.3. The summed E-state index contributed by atoms with van der Waals surface area (Å²) < 4.78 is 1.81. The zero-order valence-electron chi connectivity index (χ0n) is 14.7. The van der Waals surface area contributed by atoms with Crippen molar-refractivity contribution in [2.45, 2.75) is 19.6 Å². The minimum atomic E-state index is 0.740. The highest BCUT2D eigenvalue weighted by atomic mass is 15.4. The Hall–Kier alpha value is -3.38. The lowest BCUT2D eigenvalue weighted by molar-refractivity contribution is 0.270. The van der Waals surface area contributed by atoms with Gasteiger partial charge in [-0.25, -0.2) is 14.6 Å². The maximum atomic E-state index is 4.77. The van der Waals surface area contributed by atoms with Crippen LogP contribution in [0.4, 0.5) is 0 Å². The highest BCUT2D eigenvalue weighted by molar-refractivity contribution is 5.54. The first kappa shape index (κ1) is 15.8. The average molecular weight is 354 g/mol. The molecule has 0 spiro atoms. The van der Waals surface area contributed by atoms with E-state index < -0.39 is 0 Å². The van der Waals surface area contributed by atoms with Crippen molar-refractivity contribution in [3.63, 3.8) is 0 Å². The number of rotatable bonds is 4. The summed E-state index contributed by atoms with van der Waals surface area (Å²) in [5.41, 5.74) is 5.29. The maximum absolute atomic E-state index is 4.77. The Balaban J connectivity index is 1.31. The van der Waals surface area contributed by atoms with Crippen molar-refractivity contribution in [3.8, 4) is 17.1 Å². The molecule has 2 aromatic heterocycles. The molecule has 5 rings (SSSR count). The molecule has 0 aliphatic carbocycles. The van der Waals surface area contributed by atoms with Crippen LogP contribution in [-0.4, -0.2) is 29.9 Å². The molecular formula is C21H18N6. The number of benzene rings is 2. The average Bonchev–Trinajstić information content (AvgIpc) is 3.35. The molecule has 0 bridgehead atoms. The molecule has 0 unspecified atom stereocenters. The number of hydrogen-bond donors (Lipinski definition) is 0. The monoisotopic (exact) mass is 354 g/mol. The highest BCUT2D eigenvalue weighted by Crippen LogP contribution is 2.24. The largest absolute Gasteiger partial charge is 0.287 e. The lowest BCUT2D eigenvalue weighted by Gasteiger charge is -2.11. The van der Waals surface area contributed by atoms with E-state index in [4.69, 9.17) is 4.98 Å². The smallest absolute Gasteiger partial charge is 0.159 e. The van der Waals surface area contributed by atoms with Crippen LogP contribution in [0.25, 0.3) is 17.1 Å². The van der Waals surface area contributed by atoms with Gasteiger partial charge in [-0.3, -0.25) is 4.90 Å². The Bertz CT molecular complexity index is 1060. The molecule has 6 nitrogen and oxygen atoms in total. The van der Waals surface area contributed by atoms with E-state index in [0.717, 1.165) is 48.1 Å². The van der Waals surface area contributed by atoms with Crippen LogP contribution in [0.3, 0.4) is 0 Å². The molecule has 2 aromatic carbocycles. The van der Waals surface area contributed by atoms with Gasteiger partial charge < -0.3 is 0 Å². The van der Waals surface area contributed by atoms with Crippen LogP contribution in [0.2, 0.25) is 0 Å². The topological polar surface area (TPSA) is 59.7 Å². The Morgan fingerprint density at radius 3 is 2.48 bits per heavy atom. The van der Waals surface area contributed by atoms with Crippen LogP contribution in [-0.2, 0) is 19.6 Å². The quantitative estimate of drug-likeness (QED) is 0.563. The fourth-order valence-corrected chi connectivity index (χ4v) is 3.36. The number of nitrogens with zero attached hydrogens (tertiary/aromatic N) is 6. The van der Waals surface area contributed by atoms with Crippen LogP contribution in [0.5, 0.6) is 0 Å². The summed E-state index contributed by atoms with van der Waals surface area (Å²) in [4.78, 5) is 11.6.